The van der Waals surface area contributed by atoms with Gasteiger partial charge in [0.15, 0.2) is 0 Å². The number of carbonyl (C=O) groups excluding carboxylic acids is 3. The second-order valence-electron chi connectivity index (χ2n) is 8.05. The summed E-state index contributed by atoms with van der Waals surface area (Å²) in [6, 6.07) is 25.2. The number of benzene rings is 4. The fourth-order valence-corrected chi connectivity index (χ4v) is 4.08. The highest BCUT2D eigenvalue weighted by molar-refractivity contribution is 6.46. The van der Waals surface area contributed by atoms with Crippen LogP contribution in [-0.4, -0.2) is 23.0 Å². The molecule has 4 aromatic rings. The number of carbonyl (C=O) groups is 3. The van der Waals surface area contributed by atoms with Gasteiger partial charge in [0, 0.05) is 5.39 Å². The number of aromatic hydroxyl groups is 1. The summed E-state index contributed by atoms with van der Waals surface area (Å²) >= 11 is 0. The topological polar surface area (TPSA) is 77.9 Å². The Bertz CT molecular complexity index is 1480. The SMILES string of the molecule is Cc1cccc(N2C(=O)/C(=C\c3ccc(O)cc3)C(=O)N(c3cccc4ccccc34)C2=O)c1. The number of urea groups is 1. The second-order valence-corrected chi connectivity index (χ2v) is 8.05. The Hall–Kier alpha value is -4.71. The van der Waals surface area contributed by atoms with Crippen LogP contribution in [0.25, 0.3) is 16.8 Å². The number of phenols is 1. The third-order valence-electron chi connectivity index (χ3n) is 5.72. The van der Waals surface area contributed by atoms with Gasteiger partial charge in [0.25, 0.3) is 11.8 Å². The molecule has 6 heteroatoms. The maximum Gasteiger partial charge on any atom is 0.343 e. The van der Waals surface area contributed by atoms with E-state index in [-0.39, 0.29) is 11.3 Å². The Labute approximate surface area is 196 Å². The van der Waals surface area contributed by atoms with E-state index in [1.807, 2.05) is 43.3 Å². The lowest BCUT2D eigenvalue weighted by atomic mass is 10.0. The standard InChI is InChI=1S/C28H20N2O4/c1-18-6-4-9-21(16-18)29-26(32)24(17-19-12-14-22(31)15-13-19)27(33)30(28(29)34)25-11-5-8-20-7-2-3-10-23(20)25/h2-17,31H,1H3/b24-17+. The van der Waals surface area contributed by atoms with Crippen molar-refractivity contribution in [2.75, 3.05) is 9.80 Å². The Balaban J connectivity index is 1.72. The van der Waals surface area contributed by atoms with Crippen LogP contribution in [0.2, 0.25) is 0 Å². The minimum Gasteiger partial charge on any atom is -0.508 e. The molecule has 0 spiro atoms. The smallest absolute Gasteiger partial charge is 0.343 e. The van der Waals surface area contributed by atoms with Crippen LogP contribution in [0, 0.1) is 6.92 Å². The molecule has 166 valence electrons. The van der Waals surface area contributed by atoms with E-state index in [0.29, 0.717) is 22.3 Å². The number of barbiturate groups is 1. The van der Waals surface area contributed by atoms with Gasteiger partial charge >= 0.3 is 6.03 Å². The zero-order chi connectivity index (χ0) is 23.8. The van der Waals surface area contributed by atoms with Crippen LogP contribution in [0.4, 0.5) is 16.2 Å². The lowest BCUT2D eigenvalue weighted by Crippen LogP contribution is -2.57. The van der Waals surface area contributed by atoms with E-state index >= 15 is 0 Å². The molecule has 4 aromatic carbocycles. The molecule has 5 rings (SSSR count). The maximum atomic E-state index is 13.7. The van der Waals surface area contributed by atoms with Crippen molar-refractivity contribution in [3.8, 4) is 5.75 Å². The normalized spacial score (nSPS) is 15.4. The van der Waals surface area contributed by atoms with E-state index < -0.39 is 17.8 Å². The van der Waals surface area contributed by atoms with Crippen molar-refractivity contribution in [3.05, 3.63) is 108 Å². The van der Waals surface area contributed by atoms with Gasteiger partial charge in [-0.1, -0.05) is 60.7 Å². The van der Waals surface area contributed by atoms with Crippen LogP contribution in [0.1, 0.15) is 11.1 Å². The highest BCUT2D eigenvalue weighted by atomic mass is 16.3. The fourth-order valence-electron chi connectivity index (χ4n) is 4.08. The Morgan fingerprint density at radius 1 is 0.735 bits per heavy atom. The number of anilines is 2. The first-order chi connectivity index (χ1) is 16.4. The van der Waals surface area contributed by atoms with E-state index in [9.17, 15) is 19.5 Å². The summed E-state index contributed by atoms with van der Waals surface area (Å²) in [4.78, 5) is 42.9. The van der Waals surface area contributed by atoms with Crippen LogP contribution in [0.5, 0.6) is 5.75 Å². The number of amides is 4. The van der Waals surface area contributed by atoms with Crippen molar-refractivity contribution in [2.45, 2.75) is 6.92 Å². The number of nitrogens with zero attached hydrogens (tertiary/aromatic N) is 2. The van der Waals surface area contributed by atoms with Gasteiger partial charge in [0.05, 0.1) is 11.4 Å². The average molecular weight is 448 g/mol. The molecule has 4 amide bonds. The van der Waals surface area contributed by atoms with Gasteiger partial charge in [0.2, 0.25) is 0 Å². The lowest BCUT2D eigenvalue weighted by molar-refractivity contribution is -0.121. The quantitative estimate of drug-likeness (QED) is 0.335. The van der Waals surface area contributed by atoms with E-state index in [1.54, 1.807) is 42.5 Å². The summed E-state index contributed by atoms with van der Waals surface area (Å²) in [5, 5.41) is 11.2. The van der Waals surface area contributed by atoms with Gasteiger partial charge in [-0.25, -0.2) is 14.6 Å². The molecular weight excluding hydrogens is 428 g/mol. The van der Waals surface area contributed by atoms with Crippen LogP contribution in [0.3, 0.4) is 0 Å². The molecule has 6 nitrogen and oxygen atoms in total. The van der Waals surface area contributed by atoms with Crippen molar-refractivity contribution in [1.29, 1.82) is 0 Å². The Kier molecular flexibility index (Phi) is 5.18. The summed E-state index contributed by atoms with van der Waals surface area (Å²) in [5.74, 6) is -1.34. The first-order valence-electron chi connectivity index (χ1n) is 10.7. The van der Waals surface area contributed by atoms with Gasteiger partial charge in [-0.05, 0) is 59.8 Å². The van der Waals surface area contributed by atoms with Crippen molar-refractivity contribution in [1.82, 2.24) is 0 Å². The molecule has 1 fully saturated rings. The molecule has 0 unspecified atom stereocenters. The first kappa shape index (κ1) is 21.2. The minimum absolute atomic E-state index is 0.0670. The third kappa shape index (κ3) is 3.61. The summed E-state index contributed by atoms with van der Waals surface area (Å²) in [5.41, 5.74) is 2.04. The average Bonchev–Trinajstić information content (AvgIpc) is 2.83. The molecule has 1 aliphatic heterocycles. The van der Waals surface area contributed by atoms with Crippen LogP contribution in [-0.2, 0) is 9.59 Å². The summed E-state index contributed by atoms with van der Waals surface area (Å²) < 4.78 is 0. The Morgan fingerprint density at radius 3 is 2.18 bits per heavy atom. The molecule has 34 heavy (non-hydrogen) atoms. The minimum atomic E-state index is -0.736. The molecule has 1 heterocycles. The summed E-state index contributed by atoms with van der Waals surface area (Å²) in [6.07, 6.45) is 1.44. The van der Waals surface area contributed by atoms with E-state index in [2.05, 4.69) is 0 Å². The molecule has 0 aromatic heterocycles. The first-order valence-corrected chi connectivity index (χ1v) is 10.7. The molecule has 1 aliphatic rings. The number of phenolic OH excluding ortho intramolecular Hbond substituents is 1. The zero-order valence-electron chi connectivity index (χ0n) is 18.3. The van der Waals surface area contributed by atoms with E-state index in [0.717, 1.165) is 20.7 Å². The number of rotatable bonds is 3. The molecule has 0 aliphatic carbocycles. The molecular formula is C28H20N2O4. The molecule has 0 atom stereocenters. The highest BCUT2D eigenvalue weighted by Gasteiger charge is 2.44. The molecule has 0 radical (unpaired) electrons. The van der Waals surface area contributed by atoms with Crippen molar-refractivity contribution >= 4 is 46.1 Å². The number of aryl methyl sites for hydroxylation is 1. The number of hydrogen-bond donors (Lipinski definition) is 1. The van der Waals surface area contributed by atoms with Gasteiger partial charge < -0.3 is 5.11 Å². The fraction of sp³-hybridized carbons (Fsp3) is 0.0357. The second kappa shape index (κ2) is 8.33. The molecule has 1 N–H and O–H groups in total. The number of fused-ring (bicyclic) bond motifs is 1. The van der Waals surface area contributed by atoms with E-state index in [4.69, 9.17) is 0 Å². The predicted molar refractivity (Wildman–Crippen MR) is 132 cm³/mol. The van der Waals surface area contributed by atoms with Gasteiger partial charge in [-0.3, -0.25) is 9.59 Å². The van der Waals surface area contributed by atoms with Crippen LogP contribution >= 0.6 is 0 Å². The Morgan fingerprint density at radius 2 is 1.41 bits per heavy atom. The lowest BCUT2D eigenvalue weighted by Gasteiger charge is -2.34. The molecule has 0 bridgehead atoms. The third-order valence-corrected chi connectivity index (χ3v) is 5.72. The number of hydrogen-bond acceptors (Lipinski definition) is 4. The number of imide groups is 2. The predicted octanol–water partition coefficient (Wildman–Crippen LogP) is 5.44. The van der Waals surface area contributed by atoms with Crippen LogP contribution in [0.15, 0.2) is 96.6 Å². The monoisotopic (exact) mass is 448 g/mol. The van der Waals surface area contributed by atoms with E-state index in [1.165, 1.54) is 18.2 Å². The van der Waals surface area contributed by atoms with Gasteiger partial charge in [-0.15, -0.1) is 0 Å². The largest absolute Gasteiger partial charge is 0.508 e. The van der Waals surface area contributed by atoms with Crippen LogP contribution < -0.4 is 9.80 Å². The maximum absolute atomic E-state index is 13.7. The molecule has 0 saturated carbocycles. The van der Waals surface area contributed by atoms with Crippen molar-refractivity contribution < 1.29 is 19.5 Å². The summed E-state index contributed by atoms with van der Waals surface area (Å²) in [6.45, 7) is 1.86. The molecule has 1 saturated heterocycles. The van der Waals surface area contributed by atoms with Gasteiger partial charge in [-0.2, -0.15) is 0 Å². The summed E-state index contributed by atoms with van der Waals surface area (Å²) in [7, 11) is 0. The van der Waals surface area contributed by atoms with Crippen molar-refractivity contribution in [3.63, 3.8) is 0 Å². The van der Waals surface area contributed by atoms with Crippen molar-refractivity contribution in [2.24, 2.45) is 0 Å². The zero-order valence-corrected chi connectivity index (χ0v) is 18.3. The highest BCUT2D eigenvalue weighted by Crippen LogP contribution is 2.34. The van der Waals surface area contributed by atoms with Gasteiger partial charge in [0.1, 0.15) is 11.3 Å².